The van der Waals surface area contributed by atoms with E-state index in [1.54, 1.807) is 0 Å². The lowest BCUT2D eigenvalue weighted by Gasteiger charge is -2.13. The fourth-order valence-corrected chi connectivity index (χ4v) is 1.92. The van der Waals surface area contributed by atoms with Gasteiger partial charge in [-0.1, -0.05) is 40.5 Å². The van der Waals surface area contributed by atoms with E-state index in [-0.39, 0.29) is 0 Å². The minimum Gasteiger partial charge on any atom is -0.0654 e. The highest BCUT2D eigenvalue weighted by molar-refractivity contribution is 5.05. The molecule has 0 aromatic rings. The first kappa shape index (κ1) is 8.10. The number of unbranched alkanes of at least 4 members (excludes halogenated alkanes) is 1. The van der Waals surface area contributed by atoms with Crippen LogP contribution in [0.4, 0.5) is 0 Å². The molecule has 0 radical (unpaired) electrons. The first-order valence-electron chi connectivity index (χ1n) is 4.52. The molecule has 0 saturated heterocycles. The molecule has 0 aromatic carbocycles. The summed E-state index contributed by atoms with van der Waals surface area (Å²) in [6, 6.07) is 0. The van der Waals surface area contributed by atoms with E-state index in [0.29, 0.717) is 10.8 Å². The predicted molar refractivity (Wildman–Crippen MR) is 46.0 cm³/mol. The lowest BCUT2D eigenvalue weighted by Crippen LogP contribution is -2.02. The van der Waals surface area contributed by atoms with Crippen molar-refractivity contribution in [2.24, 2.45) is 10.8 Å². The molecule has 60 valence electrons. The van der Waals surface area contributed by atoms with Crippen molar-refractivity contribution in [1.82, 2.24) is 0 Å². The highest BCUT2D eigenvalue weighted by atomic mass is 14.6. The second-order valence-corrected chi connectivity index (χ2v) is 4.72. The minimum atomic E-state index is 0.655. The summed E-state index contributed by atoms with van der Waals surface area (Å²) in [6.07, 6.45) is 5.65. The average Bonchev–Trinajstić information content (AvgIpc) is 2.29. The van der Waals surface area contributed by atoms with E-state index < -0.39 is 0 Å². The molecule has 0 heterocycles. The molecule has 0 aliphatic heterocycles. The van der Waals surface area contributed by atoms with Crippen LogP contribution in [0.2, 0.25) is 0 Å². The van der Waals surface area contributed by atoms with Gasteiger partial charge in [0.05, 0.1) is 0 Å². The summed E-state index contributed by atoms with van der Waals surface area (Å²) in [4.78, 5) is 0. The molecule has 0 nitrogen and oxygen atoms in total. The molecule has 0 heteroatoms. The molecule has 0 aromatic heterocycles. The van der Waals surface area contributed by atoms with Gasteiger partial charge >= 0.3 is 0 Å². The molecular weight excluding hydrogens is 120 g/mol. The Hall–Kier alpha value is 0. The molecule has 0 amide bonds. The van der Waals surface area contributed by atoms with Crippen LogP contribution in [0.1, 0.15) is 53.4 Å². The molecule has 0 N–H and O–H groups in total. The van der Waals surface area contributed by atoms with Crippen LogP contribution in [-0.2, 0) is 0 Å². The molecular formula is C10H20. The van der Waals surface area contributed by atoms with Crippen molar-refractivity contribution in [1.29, 1.82) is 0 Å². The Bertz CT molecular complexity index is 124. The predicted octanol–water partition coefficient (Wildman–Crippen LogP) is 3.61. The maximum absolute atomic E-state index is 2.43. The van der Waals surface area contributed by atoms with E-state index in [4.69, 9.17) is 0 Å². The molecule has 1 atom stereocenters. The zero-order valence-corrected chi connectivity index (χ0v) is 7.83. The Morgan fingerprint density at radius 3 is 2.00 bits per heavy atom. The van der Waals surface area contributed by atoms with Gasteiger partial charge in [-0.2, -0.15) is 0 Å². The van der Waals surface area contributed by atoms with E-state index in [0.717, 1.165) is 0 Å². The van der Waals surface area contributed by atoms with E-state index in [2.05, 4.69) is 27.7 Å². The van der Waals surface area contributed by atoms with Crippen LogP contribution >= 0.6 is 0 Å². The largest absolute Gasteiger partial charge is 0.0654 e. The number of hydrogen-bond donors (Lipinski definition) is 0. The lowest BCUT2D eigenvalue weighted by atomic mass is 9.92. The van der Waals surface area contributed by atoms with Crippen LogP contribution in [0.15, 0.2) is 0 Å². The van der Waals surface area contributed by atoms with Crippen LogP contribution in [-0.4, -0.2) is 0 Å². The Labute approximate surface area is 65.0 Å². The van der Waals surface area contributed by atoms with Gasteiger partial charge in [0.15, 0.2) is 0 Å². The van der Waals surface area contributed by atoms with Crippen LogP contribution in [0.3, 0.4) is 0 Å². The maximum Gasteiger partial charge on any atom is -0.0269 e. The normalized spacial score (nSPS) is 36.0. The van der Waals surface area contributed by atoms with Gasteiger partial charge in [-0.3, -0.25) is 0 Å². The second-order valence-electron chi connectivity index (χ2n) is 4.72. The van der Waals surface area contributed by atoms with E-state index in [1.165, 1.54) is 25.7 Å². The van der Waals surface area contributed by atoms with Gasteiger partial charge in [0.25, 0.3) is 0 Å². The van der Waals surface area contributed by atoms with Crippen molar-refractivity contribution in [2.75, 3.05) is 0 Å². The highest BCUT2D eigenvalue weighted by Crippen LogP contribution is 2.65. The summed E-state index contributed by atoms with van der Waals surface area (Å²) in [7, 11) is 0. The van der Waals surface area contributed by atoms with Crippen LogP contribution in [0.5, 0.6) is 0 Å². The fourth-order valence-electron chi connectivity index (χ4n) is 1.92. The first-order chi connectivity index (χ1) is 4.52. The smallest absolute Gasteiger partial charge is 0.0269 e. The molecule has 1 unspecified atom stereocenters. The van der Waals surface area contributed by atoms with E-state index in [9.17, 15) is 0 Å². The van der Waals surface area contributed by atoms with E-state index in [1.807, 2.05) is 0 Å². The SMILES string of the molecule is CCCCC1(C)CC1(C)C. The summed E-state index contributed by atoms with van der Waals surface area (Å²) in [5.74, 6) is 0. The molecule has 1 fully saturated rings. The standard InChI is InChI=1S/C10H20/c1-5-6-7-10(4)8-9(10,2)3/h5-8H2,1-4H3. The number of hydrogen-bond acceptors (Lipinski definition) is 0. The molecule has 0 bridgehead atoms. The van der Waals surface area contributed by atoms with E-state index >= 15 is 0 Å². The molecule has 0 spiro atoms. The van der Waals surface area contributed by atoms with Crippen LogP contribution in [0, 0.1) is 10.8 Å². The second kappa shape index (κ2) is 2.25. The third-order valence-electron chi connectivity index (χ3n) is 3.42. The summed E-state index contributed by atoms with van der Waals surface area (Å²) >= 11 is 0. The molecule has 10 heavy (non-hydrogen) atoms. The zero-order chi connectivity index (χ0) is 7.83. The minimum absolute atomic E-state index is 0.655. The average molecular weight is 140 g/mol. The van der Waals surface area contributed by atoms with Crippen molar-refractivity contribution < 1.29 is 0 Å². The van der Waals surface area contributed by atoms with Crippen molar-refractivity contribution in [3.05, 3.63) is 0 Å². The monoisotopic (exact) mass is 140 g/mol. The summed E-state index contributed by atoms with van der Waals surface area (Å²) in [5.41, 5.74) is 1.35. The van der Waals surface area contributed by atoms with Gasteiger partial charge in [0, 0.05) is 0 Å². The third-order valence-corrected chi connectivity index (χ3v) is 3.42. The van der Waals surface area contributed by atoms with Gasteiger partial charge in [-0.25, -0.2) is 0 Å². The van der Waals surface area contributed by atoms with Crippen molar-refractivity contribution in [2.45, 2.75) is 53.4 Å². The quantitative estimate of drug-likeness (QED) is 0.561. The summed E-state index contributed by atoms with van der Waals surface area (Å²) in [6.45, 7) is 9.49. The molecule has 1 saturated carbocycles. The van der Waals surface area contributed by atoms with Gasteiger partial charge in [-0.15, -0.1) is 0 Å². The Morgan fingerprint density at radius 2 is 1.70 bits per heavy atom. The Morgan fingerprint density at radius 1 is 1.20 bits per heavy atom. The lowest BCUT2D eigenvalue weighted by molar-refractivity contribution is 0.378. The summed E-state index contributed by atoms with van der Waals surface area (Å²) in [5, 5.41) is 0. The molecule has 1 aliphatic rings. The van der Waals surface area contributed by atoms with Gasteiger partial charge in [-0.05, 0) is 23.7 Å². The number of rotatable bonds is 3. The van der Waals surface area contributed by atoms with Gasteiger partial charge in [0.1, 0.15) is 0 Å². The third kappa shape index (κ3) is 1.21. The zero-order valence-electron chi connectivity index (χ0n) is 7.83. The first-order valence-corrected chi connectivity index (χ1v) is 4.52. The van der Waals surface area contributed by atoms with Crippen molar-refractivity contribution >= 4 is 0 Å². The van der Waals surface area contributed by atoms with Gasteiger partial charge in [0.2, 0.25) is 0 Å². The summed E-state index contributed by atoms with van der Waals surface area (Å²) < 4.78 is 0. The van der Waals surface area contributed by atoms with Crippen LogP contribution < -0.4 is 0 Å². The topological polar surface area (TPSA) is 0 Å². The maximum atomic E-state index is 2.43. The highest BCUT2D eigenvalue weighted by Gasteiger charge is 2.56. The molecule has 1 rings (SSSR count). The van der Waals surface area contributed by atoms with Crippen LogP contribution in [0.25, 0.3) is 0 Å². The van der Waals surface area contributed by atoms with Gasteiger partial charge < -0.3 is 0 Å². The van der Waals surface area contributed by atoms with Crippen molar-refractivity contribution in [3.63, 3.8) is 0 Å². The Kier molecular flexibility index (Phi) is 1.82. The molecule has 1 aliphatic carbocycles. The van der Waals surface area contributed by atoms with Crippen molar-refractivity contribution in [3.8, 4) is 0 Å². The Balaban J connectivity index is 2.30. The fraction of sp³-hybridized carbons (Fsp3) is 1.00.